The fourth-order valence-electron chi connectivity index (χ4n) is 6.34. The maximum absolute atomic E-state index is 13.6. The quantitative estimate of drug-likeness (QED) is 0.426. The van der Waals surface area contributed by atoms with E-state index in [1.165, 1.54) is 0 Å². The summed E-state index contributed by atoms with van der Waals surface area (Å²) in [6, 6.07) is 3.04. The Morgan fingerprint density at radius 1 is 1.25 bits per heavy atom. The SMILES string of the molecule is O=C(OC1C[C@@H]2[C@H]3CCCN4CCC[C@@H](CN2C(=O)C1O)[C@@H]34)c1ccc(F)c([N+](=O)[O-])c1. The van der Waals surface area contributed by atoms with Gasteiger partial charge in [-0.1, -0.05) is 0 Å². The molecule has 0 radical (unpaired) electrons. The molecule has 172 valence electrons. The third-order valence-corrected chi connectivity index (χ3v) is 7.67. The Hall–Kier alpha value is -2.59. The van der Waals surface area contributed by atoms with Crippen LogP contribution in [0.3, 0.4) is 0 Å². The standard InChI is InChI=1S/C22H26FN3O6/c23-15-6-5-12(9-17(15)26(30)31)22(29)32-18-10-16-14-4-2-8-24-7-1-3-13(19(14)24)11-25(16)21(28)20(18)27/h5-6,9,13-14,16,18-20,27H,1-4,7-8,10-11H2/t13-,14+,16+,18?,19-,20?/m0/s1. The number of ether oxygens (including phenoxy) is 1. The lowest BCUT2D eigenvalue weighted by molar-refractivity contribution is -0.387. The van der Waals surface area contributed by atoms with Crippen LogP contribution >= 0.6 is 0 Å². The third-order valence-electron chi connectivity index (χ3n) is 7.67. The van der Waals surface area contributed by atoms with E-state index in [9.17, 15) is 29.2 Å². The number of nitro benzene ring substituents is 1. The van der Waals surface area contributed by atoms with E-state index in [2.05, 4.69) is 4.90 Å². The van der Waals surface area contributed by atoms with Gasteiger partial charge in [0.15, 0.2) is 6.10 Å². The van der Waals surface area contributed by atoms with Gasteiger partial charge in [0.2, 0.25) is 5.82 Å². The van der Waals surface area contributed by atoms with Crippen LogP contribution in [-0.2, 0) is 9.53 Å². The molecule has 1 N–H and O–H groups in total. The molecule has 1 aromatic rings. The predicted molar refractivity (Wildman–Crippen MR) is 109 cm³/mol. The molecule has 10 heteroatoms. The minimum absolute atomic E-state index is 0.117. The number of nitro groups is 1. The summed E-state index contributed by atoms with van der Waals surface area (Å²) < 4.78 is 19.1. The van der Waals surface area contributed by atoms with Crippen molar-refractivity contribution in [3.8, 4) is 0 Å². The van der Waals surface area contributed by atoms with E-state index in [4.69, 9.17) is 4.74 Å². The molecule has 4 saturated heterocycles. The molecule has 0 aromatic heterocycles. The Kier molecular flexibility index (Phi) is 5.37. The van der Waals surface area contributed by atoms with Crippen molar-refractivity contribution < 1.29 is 28.7 Å². The van der Waals surface area contributed by atoms with Gasteiger partial charge in [-0.05, 0) is 62.7 Å². The summed E-state index contributed by atoms with van der Waals surface area (Å²) in [5.41, 5.74) is -1.02. The van der Waals surface area contributed by atoms with Gasteiger partial charge in [0.1, 0.15) is 6.10 Å². The van der Waals surface area contributed by atoms with Crippen LogP contribution in [0.4, 0.5) is 10.1 Å². The Balaban J connectivity index is 1.36. The van der Waals surface area contributed by atoms with Crippen LogP contribution in [0.15, 0.2) is 18.2 Å². The fourth-order valence-corrected chi connectivity index (χ4v) is 6.34. The molecule has 32 heavy (non-hydrogen) atoms. The molecule has 1 aromatic carbocycles. The molecule has 1 amide bonds. The van der Waals surface area contributed by atoms with Gasteiger partial charge in [0.25, 0.3) is 5.91 Å². The summed E-state index contributed by atoms with van der Waals surface area (Å²) in [5, 5.41) is 21.6. The zero-order valence-electron chi connectivity index (χ0n) is 17.6. The number of fused-ring (bicyclic) bond motifs is 2. The first kappa shape index (κ1) is 21.3. The lowest BCUT2D eigenvalue weighted by Crippen LogP contribution is -2.70. The van der Waals surface area contributed by atoms with Gasteiger partial charge in [-0.2, -0.15) is 4.39 Å². The lowest BCUT2D eigenvalue weighted by atomic mass is 9.67. The maximum atomic E-state index is 13.6. The Bertz CT molecular complexity index is 956. The second-order valence-corrected chi connectivity index (χ2v) is 9.34. The van der Waals surface area contributed by atoms with E-state index in [-0.39, 0.29) is 17.5 Å². The second kappa shape index (κ2) is 8.08. The lowest BCUT2D eigenvalue weighted by Gasteiger charge is -2.59. The molecule has 2 unspecified atom stereocenters. The number of piperidine rings is 4. The molecule has 4 heterocycles. The molecular formula is C22H26FN3O6. The first-order chi connectivity index (χ1) is 15.3. The van der Waals surface area contributed by atoms with Crippen molar-refractivity contribution in [2.45, 2.75) is 56.4 Å². The molecule has 0 aliphatic carbocycles. The number of halogens is 1. The van der Waals surface area contributed by atoms with Crippen molar-refractivity contribution in [2.75, 3.05) is 19.6 Å². The molecule has 4 aliphatic heterocycles. The topological polar surface area (TPSA) is 113 Å². The highest BCUT2D eigenvalue weighted by Gasteiger charge is 2.54. The molecule has 0 saturated carbocycles. The van der Waals surface area contributed by atoms with Crippen LogP contribution in [0.5, 0.6) is 0 Å². The van der Waals surface area contributed by atoms with Crippen LogP contribution in [0.1, 0.15) is 42.5 Å². The third kappa shape index (κ3) is 3.45. The number of carbonyl (C=O) groups excluding carboxylic acids is 2. The first-order valence-electron chi connectivity index (χ1n) is 11.2. The minimum Gasteiger partial charge on any atom is -0.455 e. The average Bonchev–Trinajstić information content (AvgIpc) is 2.78. The number of esters is 1. The van der Waals surface area contributed by atoms with Gasteiger partial charge in [-0.3, -0.25) is 19.8 Å². The Morgan fingerprint density at radius 2 is 2.00 bits per heavy atom. The van der Waals surface area contributed by atoms with E-state index >= 15 is 0 Å². The smallest absolute Gasteiger partial charge is 0.338 e. The summed E-state index contributed by atoms with van der Waals surface area (Å²) in [6.45, 7) is 2.76. The zero-order chi connectivity index (χ0) is 22.6. The minimum atomic E-state index is -1.48. The summed E-state index contributed by atoms with van der Waals surface area (Å²) in [7, 11) is 0. The van der Waals surface area contributed by atoms with Gasteiger partial charge >= 0.3 is 11.7 Å². The van der Waals surface area contributed by atoms with Crippen molar-refractivity contribution in [3.63, 3.8) is 0 Å². The summed E-state index contributed by atoms with van der Waals surface area (Å²) >= 11 is 0. The summed E-state index contributed by atoms with van der Waals surface area (Å²) in [6.07, 6.45) is 2.04. The number of hydrogen-bond acceptors (Lipinski definition) is 7. The van der Waals surface area contributed by atoms with Gasteiger partial charge in [0, 0.05) is 31.1 Å². The highest BCUT2D eigenvalue weighted by Crippen LogP contribution is 2.45. The number of aliphatic hydroxyl groups is 1. The van der Waals surface area contributed by atoms with Crippen LogP contribution < -0.4 is 0 Å². The van der Waals surface area contributed by atoms with E-state index in [1.807, 2.05) is 0 Å². The van der Waals surface area contributed by atoms with E-state index in [0.717, 1.165) is 57.0 Å². The number of benzene rings is 1. The molecule has 6 atom stereocenters. The zero-order valence-corrected chi connectivity index (χ0v) is 17.6. The average molecular weight is 447 g/mol. The molecule has 4 aliphatic rings. The Morgan fingerprint density at radius 3 is 2.75 bits per heavy atom. The van der Waals surface area contributed by atoms with E-state index in [0.29, 0.717) is 24.9 Å². The fraction of sp³-hybridized carbons (Fsp3) is 0.636. The van der Waals surface area contributed by atoms with Gasteiger partial charge in [-0.25, -0.2) is 4.79 Å². The number of carbonyl (C=O) groups is 2. The molecule has 0 spiro atoms. The molecule has 0 bridgehead atoms. The monoisotopic (exact) mass is 447 g/mol. The van der Waals surface area contributed by atoms with Crippen molar-refractivity contribution in [1.29, 1.82) is 0 Å². The van der Waals surface area contributed by atoms with Gasteiger partial charge in [0.05, 0.1) is 10.5 Å². The van der Waals surface area contributed by atoms with Gasteiger partial charge in [-0.15, -0.1) is 0 Å². The number of hydrogen-bond donors (Lipinski definition) is 1. The highest BCUT2D eigenvalue weighted by molar-refractivity contribution is 5.91. The maximum Gasteiger partial charge on any atom is 0.338 e. The second-order valence-electron chi connectivity index (χ2n) is 9.34. The molecular weight excluding hydrogens is 421 g/mol. The van der Waals surface area contributed by atoms with E-state index in [1.54, 1.807) is 4.90 Å². The highest BCUT2D eigenvalue weighted by atomic mass is 19.1. The van der Waals surface area contributed by atoms with Crippen LogP contribution in [-0.4, -0.2) is 75.6 Å². The van der Waals surface area contributed by atoms with Crippen LogP contribution in [0, 0.1) is 27.8 Å². The van der Waals surface area contributed by atoms with Crippen LogP contribution in [0.25, 0.3) is 0 Å². The van der Waals surface area contributed by atoms with Crippen LogP contribution in [0.2, 0.25) is 0 Å². The normalized spacial score (nSPS) is 34.4. The predicted octanol–water partition coefficient (Wildman–Crippen LogP) is 1.73. The van der Waals surface area contributed by atoms with Crippen molar-refractivity contribution in [2.24, 2.45) is 11.8 Å². The molecule has 5 rings (SSSR count). The molecule has 9 nitrogen and oxygen atoms in total. The number of rotatable bonds is 3. The number of nitrogens with zero attached hydrogens (tertiary/aromatic N) is 3. The van der Waals surface area contributed by atoms with Gasteiger partial charge < -0.3 is 14.7 Å². The van der Waals surface area contributed by atoms with Crippen molar-refractivity contribution in [1.82, 2.24) is 9.80 Å². The van der Waals surface area contributed by atoms with Crippen molar-refractivity contribution in [3.05, 3.63) is 39.7 Å². The number of amides is 1. The van der Waals surface area contributed by atoms with E-state index < -0.39 is 40.5 Å². The first-order valence-corrected chi connectivity index (χ1v) is 11.2. The Labute approximate surface area is 184 Å². The summed E-state index contributed by atoms with van der Waals surface area (Å²) in [5.74, 6) is -1.73. The van der Waals surface area contributed by atoms with Crippen molar-refractivity contribution >= 4 is 17.6 Å². The number of aliphatic hydroxyl groups excluding tert-OH is 1. The molecule has 4 fully saturated rings. The largest absolute Gasteiger partial charge is 0.455 e. The summed E-state index contributed by atoms with van der Waals surface area (Å²) in [4.78, 5) is 40.1.